The number of alkyl carbamates (subject to hydrolysis) is 1. The van der Waals surface area contributed by atoms with Crippen LogP contribution in [0.3, 0.4) is 0 Å². The van der Waals surface area contributed by atoms with E-state index in [1.165, 1.54) is 7.11 Å². The second kappa shape index (κ2) is 14.3. The van der Waals surface area contributed by atoms with Crippen molar-refractivity contribution in [2.24, 2.45) is 17.8 Å². The highest BCUT2D eigenvalue weighted by Crippen LogP contribution is 2.28. The van der Waals surface area contributed by atoms with Crippen molar-refractivity contribution in [2.45, 2.75) is 110 Å². The minimum absolute atomic E-state index is 0.114. The molecule has 4 amide bonds. The van der Waals surface area contributed by atoms with Gasteiger partial charge in [0.15, 0.2) is 0 Å². The lowest BCUT2D eigenvalue weighted by Gasteiger charge is -2.30. The van der Waals surface area contributed by atoms with Gasteiger partial charge < -0.3 is 30.7 Å². The predicted molar refractivity (Wildman–Crippen MR) is 141 cm³/mol. The largest absolute Gasteiger partial charge is 0.467 e. The van der Waals surface area contributed by atoms with E-state index in [-0.39, 0.29) is 24.2 Å². The van der Waals surface area contributed by atoms with Crippen molar-refractivity contribution in [1.29, 1.82) is 0 Å². The fourth-order valence-corrected chi connectivity index (χ4v) is 5.00. The van der Waals surface area contributed by atoms with Gasteiger partial charge in [-0.2, -0.15) is 0 Å². The Bertz CT molecular complexity index is 849. The quantitative estimate of drug-likeness (QED) is 0.294. The van der Waals surface area contributed by atoms with Crippen LogP contribution in [0.4, 0.5) is 4.79 Å². The van der Waals surface area contributed by atoms with Crippen molar-refractivity contribution in [2.75, 3.05) is 13.7 Å². The first kappa shape index (κ1) is 31.4. The smallest absolute Gasteiger partial charge is 0.408 e. The van der Waals surface area contributed by atoms with Crippen molar-refractivity contribution in [3.05, 3.63) is 0 Å². The monoisotopic (exact) mass is 538 g/mol. The molecule has 0 aromatic heterocycles. The van der Waals surface area contributed by atoms with E-state index in [1.54, 1.807) is 34.6 Å². The van der Waals surface area contributed by atoms with E-state index in [4.69, 9.17) is 9.47 Å². The third kappa shape index (κ3) is 10.1. The Morgan fingerprint density at radius 1 is 0.921 bits per heavy atom. The summed E-state index contributed by atoms with van der Waals surface area (Å²) in [5, 5.41) is 10.9. The van der Waals surface area contributed by atoms with E-state index in [0.717, 1.165) is 32.1 Å². The molecule has 0 radical (unpaired) electrons. The van der Waals surface area contributed by atoms with E-state index in [1.807, 2.05) is 0 Å². The number of hydrogen-bond acceptors (Lipinski definition) is 7. The van der Waals surface area contributed by atoms with Gasteiger partial charge in [0.05, 0.1) is 7.11 Å². The van der Waals surface area contributed by atoms with Gasteiger partial charge in [-0.25, -0.2) is 9.59 Å². The Balaban J connectivity index is 2.18. The molecule has 0 unspecified atom stereocenters. The van der Waals surface area contributed by atoms with Gasteiger partial charge in [-0.15, -0.1) is 0 Å². The number of carbonyl (C=O) groups excluding carboxylic acids is 5. The van der Waals surface area contributed by atoms with Gasteiger partial charge in [0, 0.05) is 12.5 Å². The Morgan fingerprint density at radius 2 is 1.55 bits per heavy atom. The molecule has 2 fully saturated rings. The third-order valence-electron chi connectivity index (χ3n) is 7.03. The second-order valence-electron chi connectivity index (χ2n) is 11.8. The first-order valence-corrected chi connectivity index (χ1v) is 13.8. The Hall–Kier alpha value is -2.85. The van der Waals surface area contributed by atoms with Crippen LogP contribution in [0, 0.1) is 17.8 Å². The summed E-state index contributed by atoms with van der Waals surface area (Å²) in [6.45, 7) is 9.29. The number of rotatable bonds is 11. The number of amides is 4. The van der Waals surface area contributed by atoms with E-state index in [0.29, 0.717) is 19.4 Å². The van der Waals surface area contributed by atoms with Gasteiger partial charge in [-0.3, -0.25) is 14.4 Å². The lowest BCUT2D eigenvalue weighted by atomic mass is 9.84. The maximum atomic E-state index is 13.5. The summed E-state index contributed by atoms with van der Waals surface area (Å²) >= 11 is 0. The summed E-state index contributed by atoms with van der Waals surface area (Å²) in [6, 6.07) is -2.87. The second-order valence-corrected chi connectivity index (χ2v) is 11.8. The van der Waals surface area contributed by atoms with Crippen LogP contribution in [-0.2, 0) is 28.7 Å². The van der Waals surface area contributed by atoms with Gasteiger partial charge in [0.2, 0.25) is 17.7 Å². The number of ether oxygens (including phenoxy) is 2. The molecule has 38 heavy (non-hydrogen) atoms. The molecular formula is C27H46N4O7. The summed E-state index contributed by atoms with van der Waals surface area (Å²) in [7, 11) is 1.23. The lowest BCUT2D eigenvalue weighted by Crippen LogP contribution is -2.58. The molecule has 1 aliphatic heterocycles. The normalized spacial score (nSPS) is 20.6. The van der Waals surface area contributed by atoms with Crippen LogP contribution in [0.15, 0.2) is 0 Å². The van der Waals surface area contributed by atoms with Crippen LogP contribution in [0.5, 0.6) is 0 Å². The molecule has 216 valence electrons. The average Bonchev–Trinajstić information content (AvgIpc) is 3.24. The minimum atomic E-state index is -1.02. The van der Waals surface area contributed by atoms with Gasteiger partial charge in [-0.05, 0) is 51.9 Å². The Morgan fingerprint density at radius 3 is 2.08 bits per heavy atom. The zero-order valence-corrected chi connectivity index (χ0v) is 23.7. The van der Waals surface area contributed by atoms with Crippen molar-refractivity contribution >= 4 is 29.8 Å². The number of carbonyl (C=O) groups is 5. The molecule has 2 aliphatic rings. The summed E-state index contributed by atoms with van der Waals surface area (Å²) in [5.41, 5.74) is -0.732. The van der Waals surface area contributed by atoms with Crippen LogP contribution in [0.1, 0.15) is 86.0 Å². The molecule has 1 heterocycles. The van der Waals surface area contributed by atoms with E-state index < -0.39 is 53.5 Å². The molecule has 11 nitrogen and oxygen atoms in total. The highest BCUT2D eigenvalue weighted by Gasteiger charge is 2.36. The first-order valence-electron chi connectivity index (χ1n) is 13.8. The van der Waals surface area contributed by atoms with Gasteiger partial charge in [-0.1, -0.05) is 46.0 Å². The molecule has 1 saturated carbocycles. The van der Waals surface area contributed by atoms with Crippen molar-refractivity contribution in [1.82, 2.24) is 21.3 Å². The van der Waals surface area contributed by atoms with Crippen molar-refractivity contribution in [3.63, 3.8) is 0 Å². The standard InChI is InChI=1S/C27H46N4O7/c1-16(2)21(31-26(36)38-27(3,4)5)24(34)29-19(14-17-10-8-7-9-11-17)23(33)30-20(25(35)37-6)15-18-12-13-28-22(18)32/h16-21H,7-15H2,1-6H3,(H,28,32)(H,29,34)(H,30,33)(H,31,36)/t18-,19-,20-,21-/m0/s1. The maximum absolute atomic E-state index is 13.5. The summed E-state index contributed by atoms with van der Waals surface area (Å²) in [6.07, 6.45) is 5.53. The summed E-state index contributed by atoms with van der Waals surface area (Å²) in [4.78, 5) is 63.8. The zero-order chi connectivity index (χ0) is 28.5. The zero-order valence-electron chi connectivity index (χ0n) is 23.7. The molecule has 0 spiro atoms. The number of hydrogen-bond donors (Lipinski definition) is 4. The molecule has 0 bridgehead atoms. The Kier molecular flexibility index (Phi) is 11.8. The molecule has 2 rings (SSSR count). The Labute approximate surface area is 225 Å². The SMILES string of the molecule is COC(=O)[C@H](C[C@@H]1CCNC1=O)NC(=O)[C@H](CC1CCCCC1)NC(=O)[C@@H](NC(=O)OC(C)(C)C)C(C)C. The van der Waals surface area contributed by atoms with Crippen LogP contribution in [0.25, 0.3) is 0 Å². The van der Waals surface area contributed by atoms with Crippen molar-refractivity contribution in [3.8, 4) is 0 Å². The van der Waals surface area contributed by atoms with Crippen LogP contribution in [0.2, 0.25) is 0 Å². The molecule has 1 aliphatic carbocycles. The van der Waals surface area contributed by atoms with E-state index in [9.17, 15) is 24.0 Å². The summed E-state index contributed by atoms with van der Waals surface area (Å²) < 4.78 is 10.2. The molecule has 0 aromatic rings. The molecule has 4 N–H and O–H groups in total. The van der Waals surface area contributed by atoms with Gasteiger partial charge >= 0.3 is 12.1 Å². The third-order valence-corrected chi connectivity index (χ3v) is 7.03. The number of methoxy groups -OCH3 is 1. The van der Waals surface area contributed by atoms with E-state index in [2.05, 4.69) is 21.3 Å². The molecule has 4 atom stereocenters. The van der Waals surface area contributed by atoms with Crippen LogP contribution in [-0.4, -0.2) is 67.2 Å². The highest BCUT2D eigenvalue weighted by molar-refractivity contribution is 5.93. The fourth-order valence-electron chi connectivity index (χ4n) is 5.00. The van der Waals surface area contributed by atoms with Gasteiger partial charge in [0.1, 0.15) is 23.7 Å². The number of nitrogens with one attached hydrogen (secondary N) is 4. The van der Waals surface area contributed by atoms with Crippen LogP contribution >= 0.6 is 0 Å². The molecule has 11 heteroatoms. The van der Waals surface area contributed by atoms with Crippen molar-refractivity contribution < 1.29 is 33.4 Å². The lowest BCUT2D eigenvalue weighted by molar-refractivity contribution is -0.146. The molecule has 0 aromatic carbocycles. The molecule has 1 saturated heterocycles. The number of esters is 1. The predicted octanol–water partition coefficient (Wildman–Crippen LogP) is 2.17. The fraction of sp³-hybridized carbons (Fsp3) is 0.815. The maximum Gasteiger partial charge on any atom is 0.408 e. The first-order chi connectivity index (χ1) is 17.8. The average molecular weight is 539 g/mol. The minimum Gasteiger partial charge on any atom is -0.467 e. The topological polar surface area (TPSA) is 152 Å². The van der Waals surface area contributed by atoms with Gasteiger partial charge in [0.25, 0.3) is 0 Å². The molecular weight excluding hydrogens is 492 g/mol. The van der Waals surface area contributed by atoms with E-state index >= 15 is 0 Å². The highest BCUT2D eigenvalue weighted by atomic mass is 16.6. The van der Waals surface area contributed by atoms with Crippen LogP contribution < -0.4 is 21.3 Å². The summed E-state index contributed by atoms with van der Waals surface area (Å²) in [5.74, 6) is -2.27.